The van der Waals surface area contributed by atoms with Gasteiger partial charge < -0.3 is 15.5 Å². The van der Waals surface area contributed by atoms with Gasteiger partial charge in [0.05, 0.1) is 5.56 Å². The van der Waals surface area contributed by atoms with E-state index >= 15 is 0 Å². The van der Waals surface area contributed by atoms with Gasteiger partial charge in [0.1, 0.15) is 23.3 Å². The zero-order valence-electron chi connectivity index (χ0n) is 18.0. The molecule has 1 aromatic heterocycles. The fourth-order valence-electron chi connectivity index (χ4n) is 3.60. The van der Waals surface area contributed by atoms with Crippen LogP contribution in [0.1, 0.15) is 47.4 Å². The quantitative estimate of drug-likeness (QED) is 0.619. The number of nitrogens with one attached hydrogen (secondary N) is 2. The Kier molecular flexibility index (Phi) is 8.28. The maximum Gasteiger partial charge on any atom is 0.416 e. The fraction of sp³-hybridized carbons (Fsp3) is 0.476. The number of aromatic nitrogens is 2. The first kappa shape index (κ1) is 25.6. The van der Waals surface area contributed by atoms with Crippen LogP contribution in [0.25, 0.3) is 0 Å². The normalized spacial score (nSPS) is 18.5. The van der Waals surface area contributed by atoms with E-state index in [0.717, 1.165) is 30.5 Å². The first-order chi connectivity index (χ1) is 14.5. The van der Waals surface area contributed by atoms with Gasteiger partial charge in [-0.15, -0.1) is 12.4 Å². The van der Waals surface area contributed by atoms with Crippen molar-refractivity contribution < 1.29 is 22.4 Å². The molecule has 0 unspecified atom stereocenters. The predicted molar refractivity (Wildman–Crippen MR) is 117 cm³/mol. The lowest BCUT2D eigenvalue weighted by Gasteiger charge is -2.30. The first-order valence-electron chi connectivity index (χ1n) is 9.99. The summed E-state index contributed by atoms with van der Waals surface area (Å²) in [6.45, 7) is 1.82. The average Bonchev–Trinajstić information content (AvgIpc) is 2.68. The molecule has 0 aliphatic heterocycles. The second kappa shape index (κ2) is 10.3. The van der Waals surface area contributed by atoms with Crippen molar-refractivity contribution in [3.63, 3.8) is 0 Å². The lowest BCUT2D eigenvalue weighted by Crippen LogP contribution is -2.40. The smallest absolute Gasteiger partial charge is 0.367 e. The third kappa shape index (κ3) is 6.69. The van der Waals surface area contributed by atoms with E-state index in [2.05, 4.69) is 20.6 Å². The minimum Gasteiger partial charge on any atom is -0.367 e. The van der Waals surface area contributed by atoms with E-state index in [0.29, 0.717) is 30.8 Å². The monoisotopic (exact) mass is 475 g/mol. The topological polar surface area (TPSA) is 70.2 Å². The van der Waals surface area contributed by atoms with Crippen LogP contribution in [0.15, 0.2) is 24.3 Å². The second-order valence-electron chi connectivity index (χ2n) is 7.95. The Morgan fingerprint density at radius 1 is 1.03 bits per heavy atom. The average molecular weight is 476 g/mol. The SMILES string of the molecule is Cc1nc(NC2CCC(NC(=O)c3cc(F)cc(C(F)(F)F)c3)CC2)cc(N(C)C)n1.Cl. The zero-order valence-corrected chi connectivity index (χ0v) is 18.8. The summed E-state index contributed by atoms with van der Waals surface area (Å²) >= 11 is 0. The molecule has 0 saturated heterocycles. The molecule has 6 nitrogen and oxygen atoms in total. The third-order valence-electron chi connectivity index (χ3n) is 5.18. The molecule has 176 valence electrons. The number of aryl methyl sites for hydroxylation is 1. The molecule has 1 fully saturated rings. The summed E-state index contributed by atoms with van der Waals surface area (Å²) in [4.78, 5) is 23.0. The summed E-state index contributed by atoms with van der Waals surface area (Å²) in [5, 5.41) is 6.11. The molecule has 1 aliphatic carbocycles. The van der Waals surface area contributed by atoms with Crippen molar-refractivity contribution in [2.75, 3.05) is 24.3 Å². The van der Waals surface area contributed by atoms with Gasteiger partial charge in [0.25, 0.3) is 5.91 Å². The van der Waals surface area contributed by atoms with Gasteiger partial charge in [-0.1, -0.05) is 0 Å². The second-order valence-corrected chi connectivity index (χ2v) is 7.95. The molecule has 11 heteroatoms. The molecule has 32 heavy (non-hydrogen) atoms. The fourth-order valence-corrected chi connectivity index (χ4v) is 3.60. The highest BCUT2D eigenvalue weighted by molar-refractivity contribution is 5.94. The number of alkyl halides is 3. The largest absolute Gasteiger partial charge is 0.416 e. The van der Waals surface area contributed by atoms with E-state index < -0.39 is 23.5 Å². The van der Waals surface area contributed by atoms with Gasteiger partial charge in [0.2, 0.25) is 0 Å². The van der Waals surface area contributed by atoms with Crippen LogP contribution in [-0.4, -0.2) is 42.1 Å². The number of carbonyl (C=O) groups excluding carboxylic acids is 1. The highest BCUT2D eigenvalue weighted by atomic mass is 35.5. The van der Waals surface area contributed by atoms with Crippen LogP contribution in [-0.2, 0) is 6.18 Å². The molecule has 0 bridgehead atoms. The van der Waals surface area contributed by atoms with Gasteiger partial charge in [-0.25, -0.2) is 14.4 Å². The number of halogens is 5. The minimum absolute atomic E-state index is 0. The van der Waals surface area contributed by atoms with E-state index in [1.165, 1.54) is 0 Å². The van der Waals surface area contributed by atoms with E-state index in [9.17, 15) is 22.4 Å². The molecule has 1 saturated carbocycles. The number of carbonyl (C=O) groups is 1. The van der Waals surface area contributed by atoms with E-state index in [1.807, 2.05) is 32.0 Å². The van der Waals surface area contributed by atoms with Crippen LogP contribution in [0, 0.1) is 12.7 Å². The molecule has 0 atom stereocenters. The number of hydrogen-bond acceptors (Lipinski definition) is 5. The summed E-state index contributed by atoms with van der Waals surface area (Å²) in [7, 11) is 3.80. The van der Waals surface area contributed by atoms with Crippen molar-refractivity contribution in [1.29, 1.82) is 0 Å². The Morgan fingerprint density at radius 3 is 2.25 bits per heavy atom. The lowest BCUT2D eigenvalue weighted by atomic mass is 9.91. The standard InChI is InChI=1S/C21H25F4N5O.ClH/c1-12-26-18(11-19(27-12)30(2)3)28-16-4-6-17(7-5-16)29-20(31)13-8-14(21(23,24)25)10-15(22)9-13;/h8-11,16-17H,4-7H2,1-3H3,(H,29,31)(H,26,27,28);1H. The van der Waals surface area contributed by atoms with Gasteiger partial charge >= 0.3 is 6.18 Å². The summed E-state index contributed by atoms with van der Waals surface area (Å²) in [6.07, 6.45) is -1.91. The van der Waals surface area contributed by atoms with E-state index in [4.69, 9.17) is 0 Å². The highest BCUT2D eigenvalue weighted by Gasteiger charge is 2.32. The molecular formula is C21H26ClF4N5O. The van der Waals surface area contributed by atoms with Gasteiger partial charge in [0.15, 0.2) is 0 Å². The molecule has 0 radical (unpaired) electrons. The molecule has 1 aromatic carbocycles. The third-order valence-corrected chi connectivity index (χ3v) is 5.18. The highest BCUT2D eigenvalue weighted by Crippen LogP contribution is 2.30. The molecule has 1 aliphatic rings. The number of anilines is 2. The van der Waals surface area contributed by atoms with Crippen molar-refractivity contribution in [2.45, 2.75) is 50.9 Å². The van der Waals surface area contributed by atoms with Crippen molar-refractivity contribution in [1.82, 2.24) is 15.3 Å². The Morgan fingerprint density at radius 2 is 1.66 bits per heavy atom. The zero-order chi connectivity index (χ0) is 22.8. The van der Waals surface area contributed by atoms with Crippen LogP contribution in [0.2, 0.25) is 0 Å². The van der Waals surface area contributed by atoms with E-state index in [1.54, 1.807) is 0 Å². The Hall–Kier alpha value is -2.62. The molecular weight excluding hydrogens is 450 g/mol. The van der Waals surface area contributed by atoms with Gasteiger partial charge in [-0.05, 0) is 50.8 Å². The molecule has 3 rings (SSSR count). The van der Waals surface area contributed by atoms with Crippen LogP contribution in [0.4, 0.5) is 29.2 Å². The number of hydrogen-bond donors (Lipinski definition) is 2. The maximum atomic E-state index is 13.6. The lowest BCUT2D eigenvalue weighted by molar-refractivity contribution is -0.137. The summed E-state index contributed by atoms with van der Waals surface area (Å²) < 4.78 is 52.2. The van der Waals surface area contributed by atoms with E-state index in [-0.39, 0.29) is 30.1 Å². The van der Waals surface area contributed by atoms with Crippen molar-refractivity contribution in [3.8, 4) is 0 Å². The summed E-state index contributed by atoms with van der Waals surface area (Å²) in [5.41, 5.74) is -1.51. The van der Waals surface area contributed by atoms with Crippen LogP contribution in [0.5, 0.6) is 0 Å². The number of amides is 1. The molecule has 1 heterocycles. The van der Waals surface area contributed by atoms with Crippen LogP contribution in [0.3, 0.4) is 0 Å². The molecule has 1 amide bonds. The molecule has 2 aromatic rings. The van der Waals surface area contributed by atoms with Crippen LogP contribution < -0.4 is 15.5 Å². The van der Waals surface area contributed by atoms with Crippen molar-refractivity contribution >= 4 is 29.9 Å². The summed E-state index contributed by atoms with van der Waals surface area (Å²) in [6, 6.07) is 3.70. The molecule has 0 spiro atoms. The van der Waals surface area contributed by atoms with Gasteiger partial charge in [-0.2, -0.15) is 13.2 Å². The number of benzene rings is 1. The van der Waals surface area contributed by atoms with Crippen LogP contribution >= 0.6 is 12.4 Å². The van der Waals surface area contributed by atoms with Crippen molar-refractivity contribution in [3.05, 3.63) is 47.0 Å². The Balaban J connectivity index is 0.00000363. The van der Waals surface area contributed by atoms with Gasteiger partial charge in [0, 0.05) is 37.8 Å². The predicted octanol–water partition coefficient (Wildman–Crippen LogP) is 4.58. The molecule has 2 N–H and O–H groups in total. The van der Waals surface area contributed by atoms with Gasteiger partial charge in [-0.3, -0.25) is 4.79 Å². The maximum absolute atomic E-state index is 13.6. The Labute approximate surface area is 190 Å². The minimum atomic E-state index is -4.72. The summed E-state index contributed by atoms with van der Waals surface area (Å²) in [5.74, 6) is 0.379. The van der Waals surface area contributed by atoms with Crippen molar-refractivity contribution in [2.24, 2.45) is 0 Å². The first-order valence-corrected chi connectivity index (χ1v) is 9.99. The number of rotatable bonds is 5. The number of nitrogens with zero attached hydrogens (tertiary/aromatic N) is 3. The Bertz CT molecular complexity index is 946.